The Morgan fingerprint density at radius 2 is 1.95 bits per heavy atom. The predicted octanol–water partition coefficient (Wildman–Crippen LogP) is 4.84. The summed E-state index contributed by atoms with van der Waals surface area (Å²) in [6.07, 6.45) is 8.43. The number of carbonyl (C=O) groups is 1. The molecule has 0 aromatic carbocycles. The molecule has 5 atom stereocenters. The Bertz CT molecular complexity index is 383. The summed E-state index contributed by atoms with van der Waals surface area (Å²) in [7, 11) is 0. The summed E-state index contributed by atoms with van der Waals surface area (Å²) in [6, 6.07) is 0. The SMILES string of the molecule is CCC1CC(=O)CCC1[C@H]1C[C@@H]2CC[C@@]1(C)C2(C)C. The highest BCUT2D eigenvalue weighted by atomic mass is 16.1. The van der Waals surface area contributed by atoms with Crippen LogP contribution in [0, 0.1) is 34.5 Å². The van der Waals surface area contributed by atoms with Gasteiger partial charge in [0.1, 0.15) is 5.78 Å². The van der Waals surface area contributed by atoms with E-state index in [2.05, 4.69) is 27.7 Å². The Kier molecular flexibility index (Phi) is 3.11. The first-order chi connectivity index (χ1) is 8.90. The summed E-state index contributed by atoms with van der Waals surface area (Å²) >= 11 is 0. The van der Waals surface area contributed by atoms with E-state index in [-0.39, 0.29) is 0 Å². The highest BCUT2D eigenvalue weighted by Crippen LogP contribution is 2.70. The summed E-state index contributed by atoms with van der Waals surface area (Å²) in [5.74, 6) is 3.86. The van der Waals surface area contributed by atoms with Gasteiger partial charge < -0.3 is 0 Å². The fourth-order valence-electron chi connectivity index (χ4n) is 6.00. The molecule has 3 fully saturated rings. The second-order valence-electron chi connectivity index (χ2n) is 8.33. The molecule has 0 aliphatic heterocycles. The third kappa shape index (κ3) is 1.76. The van der Waals surface area contributed by atoms with Gasteiger partial charge in [-0.05, 0) is 60.2 Å². The van der Waals surface area contributed by atoms with Crippen LogP contribution < -0.4 is 0 Å². The van der Waals surface area contributed by atoms with Crippen molar-refractivity contribution in [1.82, 2.24) is 0 Å². The maximum atomic E-state index is 11.8. The molecule has 1 nitrogen and oxygen atoms in total. The number of fused-ring (bicyclic) bond motifs is 2. The number of rotatable bonds is 2. The summed E-state index contributed by atoms with van der Waals surface area (Å²) < 4.78 is 0. The average molecular weight is 262 g/mol. The Labute approximate surface area is 118 Å². The van der Waals surface area contributed by atoms with E-state index in [9.17, 15) is 4.79 Å². The lowest BCUT2D eigenvalue weighted by Gasteiger charge is -2.46. The molecule has 2 bridgehead atoms. The van der Waals surface area contributed by atoms with E-state index in [1.165, 1.54) is 32.1 Å². The monoisotopic (exact) mass is 262 g/mol. The first kappa shape index (κ1) is 13.6. The van der Waals surface area contributed by atoms with Crippen molar-refractivity contribution in [3.05, 3.63) is 0 Å². The molecule has 3 rings (SSSR count). The zero-order valence-corrected chi connectivity index (χ0v) is 13.2. The maximum absolute atomic E-state index is 11.8. The van der Waals surface area contributed by atoms with Gasteiger partial charge in [0, 0.05) is 12.8 Å². The van der Waals surface area contributed by atoms with Crippen molar-refractivity contribution in [3.63, 3.8) is 0 Å². The van der Waals surface area contributed by atoms with Gasteiger partial charge in [-0.15, -0.1) is 0 Å². The van der Waals surface area contributed by atoms with Gasteiger partial charge in [-0.3, -0.25) is 4.79 Å². The maximum Gasteiger partial charge on any atom is 0.133 e. The predicted molar refractivity (Wildman–Crippen MR) is 78.8 cm³/mol. The molecular weight excluding hydrogens is 232 g/mol. The molecule has 3 saturated carbocycles. The lowest BCUT2D eigenvalue weighted by molar-refractivity contribution is -0.124. The molecule has 3 aliphatic carbocycles. The minimum atomic E-state index is 0.524. The molecule has 1 heteroatoms. The molecule has 2 unspecified atom stereocenters. The van der Waals surface area contributed by atoms with Crippen molar-refractivity contribution >= 4 is 5.78 Å². The van der Waals surface area contributed by atoms with E-state index in [1.807, 2.05) is 0 Å². The molecule has 3 aliphatic rings. The molecule has 0 spiro atoms. The van der Waals surface area contributed by atoms with Crippen LogP contribution in [-0.2, 0) is 4.79 Å². The molecule has 0 N–H and O–H groups in total. The molecule has 0 heterocycles. The van der Waals surface area contributed by atoms with Crippen molar-refractivity contribution in [2.24, 2.45) is 34.5 Å². The van der Waals surface area contributed by atoms with E-state index < -0.39 is 0 Å². The highest BCUT2D eigenvalue weighted by molar-refractivity contribution is 5.79. The molecule has 0 radical (unpaired) electrons. The van der Waals surface area contributed by atoms with Crippen LogP contribution in [0.4, 0.5) is 0 Å². The van der Waals surface area contributed by atoms with Crippen LogP contribution >= 0.6 is 0 Å². The first-order valence-corrected chi connectivity index (χ1v) is 8.42. The zero-order valence-electron chi connectivity index (χ0n) is 13.2. The second-order valence-corrected chi connectivity index (χ2v) is 8.33. The summed E-state index contributed by atoms with van der Waals surface area (Å²) in [5, 5.41) is 0. The Hall–Kier alpha value is -0.330. The minimum absolute atomic E-state index is 0.524. The number of hydrogen-bond acceptors (Lipinski definition) is 1. The molecule has 0 aromatic rings. The van der Waals surface area contributed by atoms with E-state index in [0.717, 1.165) is 30.6 Å². The van der Waals surface area contributed by atoms with Crippen LogP contribution in [0.5, 0.6) is 0 Å². The molecule has 19 heavy (non-hydrogen) atoms. The summed E-state index contributed by atoms with van der Waals surface area (Å²) in [5.41, 5.74) is 1.06. The first-order valence-electron chi connectivity index (χ1n) is 8.42. The van der Waals surface area contributed by atoms with E-state index >= 15 is 0 Å². The third-order valence-electron chi connectivity index (χ3n) is 7.75. The third-order valence-corrected chi connectivity index (χ3v) is 7.75. The van der Waals surface area contributed by atoms with Crippen LogP contribution in [-0.4, -0.2) is 5.78 Å². The fraction of sp³-hybridized carbons (Fsp3) is 0.944. The van der Waals surface area contributed by atoms with Gasteiger partial charge in [-0.25, -0.2) is 0 Å². The van der Waals surface area contributed by atoms with Gasteiger partial charge in [-0.2, -0.15) is 0 Å². The second kappa shape index (κ2) is 4.33. The lowest BCUT2D eigenvalue weighted by atomic mass is 9.58. The van der Waals surface area contributed by atoms with E-state index in [4.69, 9.17) is 0 Å². The fourth-order valence-corrected chi connectivity index (χ4v) is 6.00. The smallest absolute Gasteiger partial charge is 0.133 e. The van der Waals surface area contributed by atoms with Crippen molar-refractivity contribution in [2.75, 3.05) is 0 Å². The van der Waals surface area contributed by atoms with Gasteiger partial charge in [0.25, 0.3) is 0 Å². The molecule has 0 aromatic heterocycles. The largest absolute Gasteiger partial charge is 0.300 e. The van der Waals surface area contributed by atoms with Gasteiger partial charge in [0.05, 0.1) is 0 Å². The molecule has 108 valence electrons. The molecule has 0 saturated heterocycles. The van der Waals surface area contributed by atoms with Crippen LogP contribution in [0.1, 0.15) is 72.6 Å². The van der Waals surface area contributed by atoms with Crippen LogP contribution in [0.25, 0.3) is 0 Å². The number of ketones is 1. The molecular formula is C18H30O. The van der Waals surface area contributed by atoms with E-state index in [1.54, 1.807) is 0 Å². The quantitative estimate of drug-likeness (QED) is 0.695. The van der Waals surface area contributed by atoms with E-state index in [0.29, 0.717) is 22.5 Å². The van der Waals surface area contributed by atoms with Gasteiger partial charge in [0.15, 0.2) is 0 Å². The van der Waals surface area contributed by atoms with Crippen molar-refractivity contribution in [1.29, 1.82) is 0 Å². The van der Waals surface area contributed by atoms with Crippen LogP contribution in [0.2, 0.25) is 0 Å². The number of Topliss-reactive ketones (excluding diaryl/α,β-unsaturated/α-hetero) is 1. The normalized spacial score (nSPS) is 48.7. The highest BCUT2D eigenvalue weighted by Gasteiger charge is 2.63. The number of hydrogen-bond donors (Lipinski definition) is 0. The van der Waals surface area contributed by atoms with Crippen molar-refractivity contribution in [3.8, 4) is 0 Å². The van der Waals surface area contributed by atoms with Crippen molar-refractivity contribution in [2.45, 2.75) is 72.6 Å². The standard InChI is InChI=1S/C18H30O/c1-5-12-10-14(19)6-7-15(12)16-11-13-8-9-18(16,4)17(13,2)3/h12-13,15-16H,5-11H2,1-4H3/t12?,13-,15?,16+,18+/m0/s1. The summed E-state index contributed by atoms with van der Waals surface area (Å²) in [6.45, 7) is 9.88. The zero-order chi connectivity index (χ0) is 13.8. The van der Waals surface area contributed by atoms with Crippen molar-refractivity contribution < 1.29 is 4.79 Å². The van der Waals surface area contributed by atoms with Gasteiger partial charge in [-0.1, -0.05) is 34.1 Å². The lowest BCUT2D eigenvalue weighted by Crippen LogP contribution is -2.40. The average Bonchev–Trinajstić information content (AvgIpc) is 2.71. The Morgan fingerprint density at radius 3 is 2.47 bits per heavy atom. The number of carbonyl (C=O) groups excluding carboxylic acids is 1. The van der Waals surface area contributed by atoms with Crippen LogP contribution in [0.15, 0.2) is 0 Å². The topological polar surface area (TPSA) is 17.1 Å². The van der Waals surface area contributed by atoms with Gasteiger partial charge in [0.2, 0.25) is 0 Å². The Morgan fingerprint density at radius 1 is 1.21 bits per heavy atom. The Balaban J connectivity index is 1.85. The van der Waals surface area contributed by atoms with Gasteiger partial charge >= 0.3 is 0 Å². The summed E-state index contributed by atoms with van der Waals surface area (Å²) in [4.78, 5) is 11.8. The molecule has 0 amide bonds. The van der Waals surface area contributed by atoms with Crippen LogP contribution in [0.3, 0.4) is 0 Å². The minimum Gasteiger partial charge on any atom is -0.300 e.